The minimum atomic E-state index is -0.465. The maximum absolute atomic E-state index is 12.4. The highest BCUT2D eigenvalue weighted by Gasteiger charge is 2.12. The molecule has 3 aromatic rings. The van der Waals surface area contributed by atoms with Crippen LogP contribution in [0, 0.1) is 20.8 Å². The summed E-state index contributed by atoms with van der Waals surface area (Å²) in [6.07, 6.45) is 0. The van der Waals surface area contributed by atoms with E-state index in [9.17, 15) is 9.59 Å². The lowest BCUT2D eigenvalue weighted by Crippen LogP contribution is -2.27. The molecule has 7 nitrogen and oxygen atoms in total. The molecular formula is C19H19N5O2. The number of anilines is 1. The predicted molar refractivity (Wildman–Crippen MR) is 98.2 cm³/mol. The van der Waals surface area contributed by atoms with E-state index in [1.54, 1.807) is 0 Å². The summed E-state index contributed by atoms with van der Waals surface area (Å²) in [5, 5.41) is 6.79. The van der Waals surface area contributed by atoms with E-state index in [-0.39, 0.29) is 17.2 Å². The highest BCUT2D eigenvalue weighted by atomic mass is 16.2. The molecule has 1 N–H and O–H groups in total. The first-order chi connectivity index (χ1) is 12.4. The zero-order valence-electron chi connectivity index (χ0n) is 14.9. The number of benzene rings is 1. The van der Waals surface area contributed by atoms with Crippen LogP contribution in [0.1, 0.15) is 33.0 Å². The highest BCUT2D eigenvalue weighted by Crippen LogP contribution is 2.06. The van der Waals surface area contributed by atoms with Gasteiger partial charge in [0.2, 0.25) is 5.95 Å². The van der Waals surface area contributed by atoms with Gasteiger partial charge in [-0.25, -0.2) is 14.6 Å². The number of nitrogens with one attached hydrogen (secondary N) is 1. The van der Waals surface area contributed by atoms with Crippen LogP contribution in [-0.2, 0) is 6.54 Å². The lowest BCUT2D eigenvalue weighted by atomic mass is 10.1. The summed E-state index contributed by atoms with van der Waals surface area (Å²) in [5.74, 6) is -0.252. The SMILES string of the molecule is Cc1ccc(Cn2nc(C(=O)Nc3nc(C)cc(C)n3)ccc2=O)cc1. The third kappa shape index (κ3) is 4.18. The van der Waals surface area contributed by atoms with Crippen LogP contribution in [-0.4, -0.2) is 25.7 Å². The Morgan fingerprint density at radius 3 is 2.31 bits per heavy atom. The predicted octanol–water partition coefficient (Wildman–Crippen LogP) is 2.26. The smallest absolute Gasteiger partial charge is 0.278 e. The molecule has 0 aliphatic carbocycles. The van der Waals surface area contributed by atoms with Gasteiger partial charge in [-0.05, 0) is 38.5 Å². The van der Waals surface area contributed by atoms with E-state index in [4.69, 9.17) is 0 Å². The molecule has 132 valence electrons. The number of nitrogens with zero attached hydrogens (tertiary/aromatic N) is 4. The Kier molecular flexibility index (Phi) is 4.88. The molecule has 0 unspecified atom stereocenters. The number of aromatic nitrogens is 4. The molecule has 0 bridgehead atoms. The number of amides is 1. The number of carbonyl (C=O) groups excluding carboxylic acids is 1. The van der Waals surface area contributed by atoms with Crippen LogP contribution in [0.3, 0.4) is 0 Å². The molecule has 0 spiro atoms. The van der Waals surface area contributed by atoms with Gasteiger partial charge in [0.05, 0.1) is 6.54 Å². The zero-order chi connectivity index (χ0) is 18.7. The Hall–Kier alpha value is -3.35. The maximum Gasteiger partial charge on any atom is 0.278 e. The summed E-state index contributed by atoms with van der Waals surface area (Å²) in [5.41, 5.74) is 3.43. The van der Waals surface area contributed by atoms with Crippen molar-refractivity contribution in [2.45, 2.75) is 27.3 Å². The second-order valence-electron chi connectivity index (χ2n) is 6.13. The zero-order valence-corrected chi connectivity index (χ0v) is 14.9. The van der Waals surface area contributed by atoms with Crippen LogP contribution in [0.5, 0.6) is 0 Å². The fourth-order valence-corrected chi connectivity index (χ4v) is 2.50. The fourth-order valence-electron chi connectivity index (χ4n) is 2.50. The number of rotatable bonds is 4. The Morgan fingerprint density at radius 2 is 1.65 bits per heavy atom. The van der Waals surface area contributed by atoms with E-state index in [1.807, 2.05) is 51.1 Å². The van der Waals surface area contributed by atoms with Crippen molar-refractivity contribution in [3.63, 3.8) is 0 Å². The van der Waals surface area contributed by atoms with E-state index in [0.29, 0.717) is 6.54 Å². The monoisotopic (exact) mass is 349 g/mol. The Morgan fingerprint density at radius 1 is 1.00 bits per heavy atom. The molecule has 26 heavy (non-hydrogen) atoms. The van der Waals surface area contributed by atoms with Crippen molar-refractivity contribution in [2.75, 3.05) is 5.32 Å². The largest absolute Gasteiger partial charge is 0.289 e. The molecule has 3 rings (SSSR count). The fraction of sp³-hybridized carbons (Fsp3) is 0.211. The molecule has 2 aromatic heterocycles. The summed E-state index contributed by atoms with van der Waals surface area (Å²) in [6, 6.07) is 12.3. The van der Waals surface area contributed by atoms with Gasteiger partial charge in [-0.15, -0.1) is 0 Å². The first kappa shape index (κ1) is 17.5. The van der Waals surface area contributed by atoms with Crippen LogP contribution >= 0.6 is 0 Å². The van der Waals surface area contributed by atoms with Crippen LogP contribution in [0.2, 0.25) is 0 Å². The molecule has 0 aliphatic heterocycles. The van der Waals surface area contributed by atoms with Gasteiger partial charge in [-0.2, -0.15) is 5.10 Å². The number of carbonyl (C=O) groups is 1. The second-order valence-corrected chi connectivity index (χ2v) is 6.13. The molecule has 0 fully saturated rings. The average Bonchev–Trinajstić information content (AvgIpc) is 2.58. The van der Waals surface area contributed by atoms with Crippen LogP contribution in [0.4, 0.5) is 5.95 Å². The summed E-state index contributed by atoms with van der Waals surface area (Å²) < 4.78 is 1.27. The Labute approximate surface area is 150 Å². The van der Waals surface area contributed by atoms with Crippen molar-refractivity contribution >= 4 is 11.9 Å². The molecule has 0 saturated heterocycles. The first-order valence-electron chi connectivity index (χ1n) is 8.18. The summed E-state index contributed by atoms with van der Waals surface area (Å²) in [4.78, 5) is 32.8. The lowest BCUT2D eigenvalue weighted by Gasteiger charge is -2.08. The van der Waals surface area contributed by atoms with Crippen LogP contribution in [0.15, 0.2) is 47.3 Å². The normalized spacial score (nSPS) is 10.6. The van der Waals surface area contributed by atoms with Gasteiger partial charge < -0.3 is 0 Å². The number of hydrogen-bond donors (Lipinski definition) is 1. The van der Waals surface area contributed by atoms with Crippen molar-refractivity contribution < 1.29 is 4.79 Å². The van der Waals surface area contributed by atoms with Gasteiger partial charge in [0.1, 0.15) is 5.69 Å². The van der Waals surface area contributed by atoms with Gasteiger partial charge in [0.25, 0.3) is 11.5 Å². The minimum Gasteiger partial charge on any atom is -0.289 e. The van der Waals surface area contributed by atoms with E-state index in [2.05, 4.69) is 20.4 Å². The molecule has 7 heteroatoms. The van der Waals surface area contributed by atoms with Crippen LogP contribution in [0.25, 0.3) is 0 Å². The van der Waals surface area contributed by atoms with E-state index in [1.165, 1.54) is 16.8 Å². The topological polar surface area (TPSA) is 89.8 Å². The standard InChI is InChI=1S/C19H19N5O2/c1-12-4-6-15(7-5-12)11-24-17(25)9-8-16(23-24)18(26)22-19-20-13(2)10-14(3)21-19/h4-10H,11H2,1-3H3,(H,20,21,22,26). The van der Waals surface area contributed by atoms with E-state index >= 15 is 0 Å². The molecule has 0 radical (unpaired) electrons. The molecule has 2 heterocycles. The molecule has 1 aromatic carbocycles. The third-order valence-corrected chi connectivity index (χ3v) is 3.76. The van der Waals surface area contributed by atoms with Crippen LogP contribution < -0.4 is 10.9 Å². The van der Waals surface area contributed by atoms with Gasteiger partial charge >= 0.3 is 0 Å². The third-order valence-electron chi connectivity index (χ3n) is 3.76. The molecule has 0 atom stereocenters. The van der Waals surface area contributed by atoms with Gasteiger partial charge in [-0.1, -0.05) is 29.8 Å². The Bertz CT molecular complexity index is 989. The molecule has 0 aliphatic rings. The van der Waals surface area contributed by atoms with Crippen molar-refractivity contribution in [3.8, 4) is 0 Å². The van der Waals surface area contributed by atoms with E-state index in [0.717, 1.165) is 22.5 Å². The average molecular weight is 349 g/mol. The maximum atomic E-state index is 12.4. The highest BCUT2D eigenvalue weighted by molar-refractivity contribution is 6.01. The van der Waals surface area contributed by atoms with Crippen molar-refractivity contribution in [2.24, 2.45) is 0 Å². The summed E-state index contributed by atoms with van der Waals surface area (Å²) >= 11 is 0. The van der Waals surface area contributed by atoms with Crippen molar-refractivity contribution in [1.82, 2.24) is 19.7 Å². The Balaban J connectivity index is 1.83. The van der Waals surface area contributed by atoms with Gasteiger partial charge in [0, 0.05) is 17.5 Å². The second kappa shape index (κ2) is 7.26. The van der Waals surface area contributed by atoms with Gasteiger partial charge in [0.15, 0.2) is 0 Å². The summed E-state index contributed by atoms with van der Waals surface area (Å²) in [7, 11) is 0. The molecule has 0 saturated carbocycles. The lowest BCUT2D eigenvalue weighted by molar-refractivity contribution is 0.101. The quantitative estimate of drug-likeness (QED) is 0.780. The number of aryl methyl sites for hydroxylation is 3. The summed E-state index contributed by atoms with van der Waals surface area (Å²) in [6.45, 7) is 5.93. The van der Waals surface area contributed by atoms with Crippen molar-refractivity contribution in [3.05, 3.63) is 81.0 Å². The first-order valence-corrected chi connectivity index (χ1v) is 8.18. The molecular weight excluding hydrogens is 330 g/mol. The van der Waals surface area contributed by atoms with E-state index < -0.39 is 5.91 Å². The molecule has 1 amide bonds. The minimum absolute atomic E-state index is 0.125. The van der Waals surface area contributed by atoms with Crippen molar-refractivity contribution in [1.29, 1.82) is 0 Å². The van der Waals surface area contributed by atoms with Gasteiger partial charge in [-0.3, -0.25) is 14.9 Å². The number of hydrogen-bond acceptors (Lipinski definition) is 5.